The normalized spacial score (nSPS) is 21.4. The van der Waals surface area contributed by atoms with Crippen molar-refractivity contribution in [3.05, 3.63) is 0 Å². The first-order valence-corrected chi connectivity index (χ1v) is 20.6. The number of amides is 1. The molecule has 7 heteroatoms. The van der Waals surface area contributed by atoms with Gasteiger partial charge in [0.15, 0.2) is 6.23 Å². The van der Waals surface area contributed by atoms with E-state index in [1.54, 1.807) is 4.90 Å². The number of carbonyl (C=O) groups excluding carboxylic acids is 1. The van der Waals surface area contributed by atoms with Crippen molar-refractivity contribution in [2.45, 2.75) is 237 Å². The predicted octanol–water partition coefficient (Wildman–Crippen LogP) is 9.36. The molecule has 1 saturated heterocycles. The van der Waals surface area contributed by atoms with Crippen LogP contribution in [-0.4, -0.2) is 75.0 Å². The zero-order valence-corrected chi connectivity index (χ0v) is 31.1. The number of carbonyl (C=O) groups is 1. The van der Waals surface area contributed by atoms with Gasteiger partial charge < -0.3 is 30.1 Å². The summed E-state index contributed by atoms with van der Waals surface area (Å²) in [5.41, 5.74) is 0. The number of aliphatic hydroxyl groups excluding tert-OH is 4. The van der Waals surface area contributed by atoms with Crippen molar-refractivity contribution >= 4 is 5.91 Å². The van der Waals surface area contributed by atoms with Crippen LogP contribution < -0.4 is 0 Å². The summed E-state index contributed by atoms with van der Waals surface area (Å²) in [6, 6.07) is 0. The first kappa shape index (κ1) is 44.3. The van der Waals surface area contributed by atoms with Gasteiger partial charge in [-0.2, -0.15) is 0 Å². The molecule has 1 aliphatic rings. The average molecular weight is 670 g/mol. The number of nitrogens with zero attached hydrogens (tertiary/aromatic N) is 1. The summed E-state index contributed by atoms with van der Waals surface area (Å²) >= 11 is 0. The average Bonchev–Trinajstić information content (AvgIpc) is 3.07. The Morgan fingerprint density at radius 2 is 0.830 bits per heavy atom. The molecule has 0 radical (unpaired) electrons. The summed E-state index contributed by atoms with van der Waals surface area (Å²) in [4.78, 5) is 15.0. The third-order valence-electron chi connectivity index (χ3n) is 10.2. The minimum Gasteiger partial charge on any atom is -0.394 e. The second kappa shape index (κ2) is 31.3. The number of hydrogen-bond acceptors (Lipinski definition) is 6. The number of aliphatic hydroxyl groups is 4. The van der Waals surface area contributed by atoms with Crippen molar-refractivity contribution < 1.29 is 30.0 Å². The van der Waals surface area contributed by atoms with Gasteiger partial charge in [-0.15, -0.1) is 0 Å². The van der Waals surface area contributed by atoms with E-state index in [4.69, 9.17) is 4.74 Å². The van der Waals surface area contributed by atoms with Crippen molar-refractivity contribution in [3.63, 3.8) is 0 Å². The summed E-state index contributed by atoms with van der Waals surface area (Å²) < 4.78 is 5.81. The Balaban J connectivity index is 2.30. The molecule has 5 atom stereocenters. The van der Waals surface area contributed by atoms with Crippen molar-refractivity contribution in [2.75, 3.05) is 13.2 Å². The van der Waals surface area contributed by atoms with Gasteiger partial charge in [0, 0.05) is 13.0 Å². The molecular formula is C40H79NO6. The summed E-state index contributed by atoms with van der Waals surface area (Å²) in [6.45, 7) is 4.49. The van der Waals surface area contributed by atoms with E-state index >= 15 is 0 Å². The highest BCUT2D eigenvalue weighted by atomic mass is 16.6. The Labute approximate surface area is 290 Å². The van der Waals surface area contributed by atoms with Crippen LogP contribution in [0.2, 0.25) is 0 Å². The molecule has 0 bridgehead atoms. The molecule has 7 nitrogen and oxygen atoms in total. The fraction of sp³-hybridized carbons (Fsp3) is 0.975. The van der Waals surface area contributed by atoms with Gasteiger partial charge in [0.1, 0.15) is 24.4 Å². The lowest BCUT2D eigenvalue weighted by molar-refractivity contribution is -0.262. The number of unbranched alkanes of at least 4 members (excludes halogenated alkanes) is 27. The lowest BCUT2D eigenvalue weighted by atomic mass is 9.97. The largest absolute Gasteiger partial charge is 0.394 e. The molecular weight excluding hydrogens is 590 g/mol. The molecule has 0 aromatic rings. The van der Waals surface area contributed by atoms with Crippen LogP contribution in [0.25, 0.3) is 0 Å². The van der Waals surface area contributed by atoms with Crippen LogP contribution >= 0.6 is 0 Å². The van der Waals surface area contributed by atoms with E-state index in [9.17, 15) is 25.2 Å². The Kier molecular flexibility index (Phi) is 29.5. The molecule has 0 aliphatic carbocycles. The third kappa shape index (κ3) is 21.9. The molecule has 1 rings (SSSR count). The lowest BCUT2D eigenvalue weighted by Crippen LogP contribution is -2.64. The van der Waals surface area contributed by atoms with Crippen LogP contribution in [0.15, 0.2) is 0 Å². The maximum atomic E-state index is 13.4. The van der Waals surface area contributed by atoms with E-state index < -0.39 is 37.3 Å². The zero-order chi connectivity index (χ0) is 34.4. The first-order chi connectivity index (χ1) is 23.0. The fourth-order valence-electron chi connectivity index (χ4n) is 7.00. The maximum Gasteiger partial charge on any atom is 0.224 e. The molecule has 0 aromatic heterocycles. The van der Waals surface area contributed by atoms with E-state index in [-0.39, 0.29) is 5.91 Å². The van der Waals surface area contributed by atoms with Crippen LogP contribution in [-0.2, 0) is 9.53 Å². The molecule has 0 aromatic carbocycles. The molecule has 0 spiro atoms. The van der Waals surface area contributed by atoms with E-state index in [0.29, 0.717) is 13.0 Å². The van der Waals surface area contributed by atoms with Crippen molar-refractivity contribution in [1.29, 1.82) is 0 Å². The van der Waals surface area contributed by atoms with Gasteiger partial charge in [-0.1, -0.05) is 187 Å². The maximum absolute atomic E-state index is 13.4. The van der Waals surface area contributed by atoms with Crippen LogP contribution in [0, 0.1) is 0 Å². The monoisotopic (exact) mass is 670 g/mol. The highest BCUT2D eigenvalue weighted by Gasteiger charge is 2.46. The second-order valence-electron chi connectivity index (χ2n) is 14.6. The highest BCUT2D eigenvalue weighted by molar-refractivity contribution is 5.76. The molecule has 47 heavy (non-hydrogen) atoms. The van der Waals surface area contributed by atoms with E-state index in [2.05, 4.69) is 13.8 Å². The summed E-state index contributed by atoms with van der Waals surface area (Å²) in [5, 5.41) is 41.1. The van der Waals surface area contributed by atoms with Gasteiger partial charge in [-0.05, 0) is 12.8 Å². The fourth-order valence-corrected chi connectivity index (χ4v) is 7.00. The molecule has 1 heterocycles. The lowest BCUT2D eigenvalue weighted by Gasteiger charge is -2.44. The molecule has 1 aliphatic heterocycles. The molecule has 1 amide bonds. The van der Waals surface area contributed by atoms with Gasteiger partial charge in [0.2, 0.25) is 5.91 Å². The quantitative estimate of drug-likeness (QED) is 0.0519. The smallest absolute Gasteiger partial charge is 0.224 e. The van der Waals surface area contributed by atoms with Gasteiger partial charge >= 0.3 is 0 Å². The molecule has 1 fully saturated rings. The van der Waals surface area contributed by atoms with Crippen molar-refractivity contribution in [1.82, 2.24) is 4.90 Å². The van der Waals surface area contributed by atoms with Gasteiger partial charge in [0.25, 0.3) is 0 Å². The predicted molar refractivity (Wildman–Crippen MR) is 195 cm³/mol. The van der Waals surface area contributed by atoms with Crippen LogP contribution in [0.4, 0.5) is 0 Å². The van der Waals surface area contributed by atoms with Crippen LogP contribution in [0.3, 0.4) is 0 Å². The van der Waals surface area contributed by atoms with Crippen molar-refractivity contribution in [2.24, 2.45) is 0 Å². The standard InChI is InChI=1S/C40H79NO6/c1-3-5-7-9-11-13-15-17-18-19-21-23-25-27-29-31-33-41(40-39(46)38(45)37(44)35(34-42)47-40)36(43)32-30-28-26-24-22-20-16-14-12-10-8-6-4-2/h35,37-40,42,44-46H,3-34H2,1-2H3/t35-,37-,38+,39-,40-/m1/s1. The topological polar surface area (TPSA) is 110 Å². The molecule has 0 saturated carbocycles. The van der Waals surface area contributed by atoms with E-state index in [1.807, 2.05) is 0 Å². The van der Waals surface area contributed by atoms with Crippen LogP contribution in [0.5, 0.6) is 0 Å². The third-order valence-corrected chi connectivity index (χ3v) is 10.2. The minimum atomic E-state index is -1.47. The number of rotatable bonds is 33. The minimum absolute atomic E-state index is 0.0849. The van der Waals surface area contributed by atoms with Gasteiger partial charge in [-0.3, -0.25) is 4.79 Å². The van der Waals surface area contributed by atoms with E-state index in [1.165, 1.54) is 148 Å². The Hall–Kier alpha value is -0.730. The SMILES string of the molecule is CCCCCCCCCCCCCCCCCCN(C(=O)CCCCCCCCCCCCCCC)[C@@H]1O[C@H](CO)[C@@H](O)[C@H](O)[C@H]1O. The Morgan fingerprint density at radius 1 is 0.489 bits per heavy atom. The van der Waals surface area contributed by atoms with Crippen LogP contribution in [0.1, 0.15) is 206 Å². The molecule has 280 valence electrons. The Bertz CT molecular complexity index is 692. The zero-order valence-electron chi connectivity index (χ0n) is 31.1. The summed E-state index contributed by atoms with van der Waals surface area (Å²) in [5.74, 6) is -0.0849. The van der Waals surface area contributed by atoms with Gasteiger partial charge in [-0.25, -0.2) is 0 Å². The Morgan fingerprint density at radius 3 is 1.19 bits per heavy atom. The van der Waals surface area contributed by atoms with E-state index in [0.717, 1.165) is 38.5 Å². The summed E-state index contributed by atoms with van der Waals surface area (Å²) in [7, 11) is 0. The summed E-state index contributed by atoms with van der Waals surface area (Å²) in [6.07, 6.45) is 30.6. The number of ether oxygens (including phenoxy) is 1. The molecule has 0 unspecified atom stereocenters. The second-order valence-corrected chi connectivity index (χ2v) is 14.6. The first-order valence-electron chi connectivity index (χ1n) is 20.6. The number of hydrogen-bond donors (Lipinski definition) is 4. The van der Waals surface area contributed by atoms with Gasteiger partial charge in [0.05, 0.1) is 6.61 Å². The van der Waals surface area contributed by atoms with Crippen molar-refractivity contribution in [3.8, 4) is 0 Å². The molecule has 4 N–H and O–H groups in total. The highest BCUT2D eigenvalue weighted by Crippen LogP contribution is 2.25.